The van der Waals surface area contributed by atoms with Crippen molar-refractivity contribution in [1.29, 1.82) is 0 Å². The van der Waals surface area contributed by atoms with Gasteiger partial charge in [0.05, 0.1) is 35.9 Å². The second kappa shape index (κ2) is 10.6. The van der Waals surface area contributed by atoms with Crippen LogP contribution in [0.25, 0.3) is 0 Å². The van der Waals surface area contributed by atoms with Gasteiger partial charge >= 0.3 is 12.0 Å². The van der Waals surface area contributed by atoms with E-state index in [1.165, 1.54) is 14.2 Å². The lowest BCUT2D eigenvalue weighted by Gasteiger charge is -2.29. The summed E-state index contributed by atoms with van der Waals surface area (Å²) in [5.41, 5.74) is 2.41. The van der Waals surface area contributed by atoms with Crippen molar-refractivity contribution in [2.75, 3.05) is 14.2 Å². The zero-order valence-electron chi connectivity index (χ0n) is 18.0. The number of allylic oxidation sites excluding steroid dienone is 1. The number of amides is 2. The van der Waals surface area contributed by atoms with Crippen molar-refractivity contribution in [1.82, 2.24) is 10.6 Å². The van der Waals surface area contributed by atoms with Crippen LogP contribution in [-0.4, -0.2) is 26.2 Å². The summed E-state index contributed by atoms with van der Waals surface area (Å²) in [5, 5.41) is 6.43. The molecule has 170 valence electrons. The topological polar surface area (TPSA) is 85.9 Å². The van der Waals surface area contributed by atoms with E-state index in [2.05, 4.69) is 10.6 Å². The summed E-state index contributed by atoms with van der Waals surface area (Å²) in [6.07, 6.45) is 1.30. The van der Waals surface area contributed by atoms with Gasteiger partial charge in [-0.05, 0) is 41.8 Å². The van der Waals surface area contributed by atoms with Gasteiger partial charge in [-0.1, -0.05) is 48.7 Å². The number of benzene rings is 2. The molecule has 1 unspecified atom stereocenters. The summed E-state index contributed by atoms with van der Waals surface area (Å²) >= 11 is 12.0. The summed E-state index contributed by atoms with van der Waals surface area (Å²) in [6, 6.07) is 9.43. The Morgan fingerprint density at radius 3 is 2.50 bits per heavy atom. The molecule has 1 heterocycles. The van der Waals surface area contributed by atoms with Crippen molar-refractivity contribution in [3.05, 3.63) is 68.8 Å². The average Bonchev–Trinajstić information content (AvgIpc) is 2.79. The summed E-state index contributed by atoms with van der Waals surface area (Å²) < 4.78 is 16.4. The molecule has 3 rings (SSSR count). The van der Waals surface area contributed by atoms with Crippen LogP contribution in [-0.2, 0) is 16.1 Å². The number of carbonyl (C=O) groups is 2. The summed E-state index contributed by atoms with van der Waals surface area (Å²) in [7, 11) is 2.83. The van der Waals surface area contributed by atoms with Gasteiger partial charge in [-0.2, -0.15) is 0 Å². The van der Waals surface area contributed by atoms with E-state index >= 15 is 0 Å². The molecule has 0 saturated heterocycles. The molecule has 1 atom stereocenters. The Morgan fingerprint density at radius 1 is 1.06 bits per heavy atom. The molecule has 2 N–H and O–H groups in total. The van der Waals surface area contributed by atoms with Gasteiger partial charge in [-0.25, -0.2) is 9.59 Å². The lowest BCUT2D eigenvalue weighted by atomic mass is 9.93. The Bertz CT molecular complexity index is 1050. The number of ether oxygens (including phenoxy) is 3. The van der Waals surface area contributed by atoms with Gasteiger partial charge in [0.2, 0.25) is 0 Å². The van der Waals surface area contributed by atoms with Crippen molar-refractivity contribution in [2.24, 2.45) is 0 Å². The van der Waals surface area contributed by atoms with Gasteiger partial charge in [0.1, 0.15) is 6.61 Å². The van der Waals surface area contributed by atoms with E-state index in [1.807, 2.05) is 13.0 Å². The Balaban J connectivity index is 1.90. The van der Waals surface area contributed by atoms with Gasteiger partial charge in [-0.3, -0.25) is 0 Å². The van der Waals surface area contributed by atoms with Crippen molar-refractivity contribution >= 4 is 35.2 Å². The maximum atomic E-state index is 12.5. The fraction of sp³-hybridized carbons (Fsp3) is 0.304. The lowest BCUT2D eigenvalue weighted by molar-refractivity contribution is -0.136. The van der Waals surface area contributed by atoms with E-state index in [4.69, 9.17) is 37.4 Å². The van der Waals surface area contributed by atoms with Crippen molar-refractivity contribution in [2.45, 2.75) is 32.4 Å². The van der Waals surface area contributed by atoms with Crippen LogP contribution in [0.1, 0.15) is 36.9 Å². The molecule has 0 fully saturated rings. The maximum absolute atomic E-state index is 12.5. The molecule has 2 aromatic carbocycles. The van der Waals surface area contributed by atoms with Crippen LogP contribution in [0, 0.1) is 0 Å². The van der Waals surface area contributed by atoms with Gasteiger partial charge < -0.3 is 24.8 Å². The first-order valence-electron chi connectivity index (χ1n) is 10.0. The number of methoxy groups -OCH3 is 2. The maximum Gasteiger partial charge on any atom is 0.337 e. The van der Waals surface area contributed by atoms with Gasteiger partial charge in [0.25, 0.3) is 0 Å². The van der Waals surface area contributed by atoms with Gasteiger partial charge in [0, 0.05) is 5.70 Å². The first-order chi connectivity index (χ1) is 15.4. The quantitative estimate of drug-likeness (QED) is 0.511. The molecule has 2 amide bonds. The minimum Gasteiger partial charge on any atom is -0.493 e. The third kappa shape index (κ3) is 5.29. The molecule has 0 aliphatic carbocycles. The molecule has 9 heteroatoms. The Labute approximate surface area is 196 Å². The van der Waals surface area contributed by atoms with Crippen LogP contribution in [0.4, 0.5) is 4.79 Å². The highest BCUT2D eigenvalue weighted by molar-refractivity contribution is 6.42. The standard InChI is InChI=1S/C23H24Cl2N2O5/c1-4-5-17-20(22(28)31-3)21(27-23(29)26-17)14-7-9-18(19(11-14)30-2)32-12-13-6-8-15(24)16(25)10-13/h6-11,21H,4-5,12H2,1-3H3,(H2,26,27,29). The second-order valence-electron chi connectivity index (χ2n) is 7.11. The second-order valence-corrected chi connectivity index (χ2v) is 7.93. The first kappa shape index (κ1) is 23.8. The van der Waals surface area contributed by atoms with E-state index in [-0.39, 0.29) is 12.6 Å². The molecule has 0 saturated carbocycles. The molecular formula is C23H24Cl2N2O5. The number of halogens is 2. The van der Waals surface area contributed by atoms with E-state index in [0.29, 0.717) is 44.8 Å². The number of urea groups is 1. The lowest BCUT2D eigenvalue weighted by Crippen LogP contribution is -2.45. The summed E-state index contributed by atoms with van der Waals surface area (Å²) in [5.74, 6) is 0.446. The minimum absolute atomic E-state index is 0.255. The zero-order chi connectivity index (χ0) is 23.3. The summed E-state index contributed by atoms with van der Waals surface area (Å²) in [6.45, 7) is 2.22. The van der Waals surface area contributed by atoms with E-state index < -0.39 is 12.0 Å². The summed E-state index contributed by atoms with van der Waals surface area (Å²) in [4.78, 5) is 24.8. The number of hydrogen-bond donors (Lipinski definition) is 2. The Hall–Kier alpha value is -2.90. The molecule has 2 aromatic rings. The van der Waals surface area contributed by atoms with Gasteiger partial charge in [0.15, 0.2) is 11.5 Å². The number of nitrogens with one attached hydrogen (secondary N) is 2. The fourth-order valence-electron chi connectivity index (χ4n) is 3.44. The van der Waals surface area contributed by atoms with Crippen molar-refractivity contribution in [3.8, 4) is 11.5 Å². The minimum atomic E-state index is -0.684. The highest BCUT2D eigenvalue weighted by atomic mass is 35.5. The van der Waals surface area contributed by atoms with Crippen LogP contribution in [0.3, 0.4) is 0 Å². The molecule has 7 nitrogen and oxygen atoms in total. The molecule has 0 spiro atoms. The van der Waals surface area contributed by atoms with Crippen molar-refractivity contribution < 1.29 is 23.8 Å². The van der Waals surface area contributed by atoms with Crippen molar-refractivity contribution in [3.63, 3.8) is 0 Å². The Kier molecular flexibility index (Phi) is 7.88. The molecule has 0 radical (unpaired) electrons. The van der Waals surface area contributed by atoms with Crippen LogP contribution in [0.5, 0.6) is 11.5 Å². The molecule has 32 heavy (non-hydrogen) atoms. The van der Waals surface area contributed by atoms with E-state index in [0.717, 1.165) is 12.0 Å². The fourth-order valence-corrected chi connectivity index (χ4v) is 3.76. The zero-order valence-corrected chi connectivity index (χ0v) is 19.5. The van der Waals surface area contributed by atoms with E-state index in [9.17, 15) is 9.59 Å². The third-order valence-electron chi connectivity index (χ3n) is 4.96. The molecule has 0 bridgehead atoms. The molecule has 1 aliphatic rings. The predicted molar refractivity (Wildman–Crippen MR) is 122 cm³/mol. The molecule has 0 aromatic heterocycles. The molecular weight excluding hydrogens is 455 g/mol. The number of hydrogen-bond acceptors (Lipinski definition) is 5. The van der Waals surface area contributed by atoms with Crippen LogP contribution in [0.15, 0.2) is 47.7 Å². The highest BCUT2D eigenvalue weighted by Crippen LogP contribution is 2.35. The highest BCUT2D eigenvalue weighted by Gasteiger charge is 2.33. The van der Waals surface area contributed by atoms with Crippen LogP contribution < -0.4 is 20.1 Å². The van der Waals surface area contributed by atoms with E-state index in [1.54, 1.807) is 30.3 Å². The third-order valence-corrected chi connectivity index (χ3v) is 5.70. The first-order valence-corrected chi connectivity index (χ1v) is 10.8. The predicted octanol–water partition coefficient (Wildman–Crippen LogP) is 5.16. The number of esters is 1. The smallest absolute Gasteiger partial charge is 0.337 e. The number of carbonyl (C=O) groups excluding carboxylic acids is 2. The monoisotopic (exact) mass is 478 g/mol. The normalized spacial score (nSPS) is 15.7. The van der Waals surface area contributed by atoms with Crippen LogP contribution >= 0.6 is 23.2 Å². The van der Waals surface area contributed by atoms with Gasteiger partial charge in [-0.15, -0.1) is 0 Å². The average molecular weight is 479 g/mol. The van der Waals surface area contributed by atoms with Crippen LogP contribution in [0.2, 0.25) is 10.0 Å². The number of rotatable bonds is 8. The Morgan fingerprint density at radius 2 is 1.84 bits per heavy atom. The largest absolute Gasteiger partial charge is 0.493 e. The molecule has 1 aliphatic heterocycles. The SMILES string of the molecule is CCCC1=C(C(=O)OC)C(c2ccc(OCc3ccc(Cl)c(Cl)c3)c(OC)c2)NC(=O)N1.